The highest BCUT2D eigenvalue weighted by atomic mass is 79.9. The zero-order valence-electron chi connectivity index (χ0n) is 12.5. The number of carbonyl (C=O) groups is 2. The van der Waals surface area contributed by atoms with E-state index >= 15 is 0 Å². The third kappa shape index (κ3) is 3.27. The molecule has 6 heteroatoms. The predicted molar refractivity (Wildman–Crippen MR) is 89.3 cm³/mol. The van der Waals surface area contributed by atoms with Crippen LogP contribution in [0.1, 0.15) is 22.8 Å². The number of hydrogen-bond acceptors (Lipinski definition) is 4. The van der Waals surface area contributed by atoms with E-state index in [2.05, 4.69) is 20.9 Å². The summed E-state index contributed by atoms with van der Waals surface area (Å²) >= 11 is 3.24. The third-order valence-corrected chi connectivity index (χ3v) is 4.18. The second-order valence-electron chi connectivity index (χ2n) is 5.41. The molecule has 1 amide bonds. The minimum atomic E-state index is -0.563. The Morgan fingerprint density at radius 2 is 2.13 bits per heavy atom. The molecule has 0 unspecified atom stereocenters. The van der Waals surface area contributed by atoms with Gasteiger partial charge in [0.15, 0.2) is 6.61 Å². The van der Waals surface area contributed by atoms with E-state index in [0.717, 1.165) is 17.7 Å². The Hall–Kier alpha value is -2.21. The number of para-hydroxylation sites is 1. The molecule has 0 aliphatic carbocycles. The van der Waals surface area contributed by atoms with Crippen molar-refractivity contribution in [3.8, 4) is 0 Å². The zero-order valence-corrected chi connectivity index (χ0v) is 14.1. The summed E-state index contributed by atoms with van der Waals surface area (Å²) in [6.07, 6.45) is 3.79. The van der Waals surface area contributed by atoms with Gasteiger partial charge in [0.2, 0.25) is 0 Å². The van der Waals surface area contributed by atoms with Gasteiger partial charge in [0.05, 0.1) is 5.56 Å². The number of esters is 1. The van der Waals surface area contributed by atoms with Crippen LogP contribution in [-0.4, -0.2) is 29.5 Å². The molecule has 0 fully saturated rings. The summed E-state index contributed by atoms with van der Waals surface area (Å²) in [7, 11) is 0. The van der Waals surface area contributed by atoms with Crippen molar-refractivity contribution in [1.29, 1.82) is 0 Å². The van der Waals surface area contributed by atoms with Crippen molar-refractivity contribution in [3.63, 3.8) is 0 Å². The standard InChI is InChI=1S/C17H15BrN2O3/c1-11-6-12-4-2-3-5-15(12)20(11)16(21)10-23-17(22)13-7-14(18)9-19-8-13/h2-5,7-9,11H,6,10H2,1H3/t11-/m0/s1. The monoisotopic (exact) mass is 374 g/mol. The summed E-state index contributed by atoms with van der Waals surface area (Å²) in [6, 6.07) is 9.45. The van der Waals surface area contributed by atoms with Crippen molar-refractivity contribution in [2.45, 2.75) is 19.4 Å². The number of fused-ring (bicyclic) bond motifs is 1. The summed E-state index contributed by atoms with van der Waals surface area (Å²) in [5, 5.41) is 0. The molecule has 1 aliphatic heterocycles. The lowest BCUT2D eigenvalue weighted by Crippen LogP contribution is -2.38. The van der Waals surface area contributed by atoms with Gasteiger partial charge in [0.1, 0.15) is 0 Å². The Bertz CT molecular complexity index is 763. The van der Waals surface area contributed by atoms with E-state index < -0.39 is 5.97 Å². The number of pyridine rings is 1. The Morgan fingerprint density at radius 3 is 2.91 bits per heavy atom. The van der Waals surface area contributed by atoms with E-state index in [4.69, 9.17) is 4.74 Å². The van der Waals surface area contributed by atoms with E-state index in [1.165, 1.54) is 6.20 Å². The van der Waals surface area contributed by atoms with Gasteiger partial charge in [-0.3, -0.25) is 9.78 Å². The lowest BCUT2D eigenvalue weighted by Gasteiger charge is -2.22. The molecule has 1 aromatic carbocycles. The Balaban J connectivity index is 1.67. The van der Waals surface area contributed by atoms with Gasteiger partial charge in [-0.1, -0.05) is 18.2 Å². The van der Waals surface area contributed by atoms with Gasteiger partial charge in [-0.25, -0.2) is 4.79 Å². The number of carbonyl (C=O) groups excluding carboxylic acids is 2. The first kappa shape index (κ1) is 15.7. The van der Waals surface area contributed by atoms with Crippen LogP contribution in [0.2, 0.25) is 0 Å². The molecule has 0 bridgehead atoms. The van der Waals surface area contributed by atoms with Gasteiger partial charge < -0.3 is 9.64 Å². The molecule has 0 saturated carbocycles. The van der Waals surface area contributed by atoms with Gasteiger partial charge in [-0.15, -0.1) is 0 Å². The average Bonchev–Trinajstić information content (AvgIpc) is 2.88. The number of rotatable bonds is 3. The first-order valence-electron chi connectivity index (χ1n) is 7.24. The molecular weight excluding hydrogens is 360 g/mol. The quantitative estimate of drug-likeness (QED) is 0.774. The minimum Gasteiger partial charge on any atom is -0.452 e. The molecule has 23 heavy (non-hydrogen) atoms. The van der Waals surface area contributed by atoms with Crippen molar-refractivity contribution in [3.05, 3.63) is 58.3 Å². The summed E-state index contributed by atoms with van der Waals surface area (Å²) in [4.78, 5) is 30.0. The maximum Gasteiger partial charge on any atom is 0.340 e. The number of aromatic nitrogens is 1. The second kappa shape index (κ2) is 6.50. The van der Waals surface area contributed by atoms with Crippen LogP contribution in [0.5, 0.6) is 0 Å². The van der Waals surface area contributed by atoms with Gasteiger partial charge >= 0.3 is 5.97 Å². The Labute approximate surface area is 142 Å². The fourth-order valence-corrected chi connectivity index (χ4v) is 3.11. The summed E-state index contributed by atoms with van der Waals surface area (Å²) < 4.78 is 5.81. The van der Waals surface area contributed by atoms with Gasteiger partial charge in [0, 0.05) is 28.6 Å². The summed E-state index contributed by atoms with van der Waals surface area (Å²) in [5.41, 5.74) is 2.34. The van der Waals surface area contributed by atoms with E-state index in [1.807, 2.05) is 31.2 Å². The fourth-order valence-electron chi connectivity index (χ4n) is 2.75. The van der Waals surface area contributed by atoms with Crippen molar-refractivity contribution < 1.29 is 14.3 Å². The van der Waals surface area contributed by atoms with Crippen LogP contribution in [0.3, 0.4) is 0 Å². The van der Waals surface area contributed by atoms with Crippen molar-refractivity contribution >= 4 is 33.5 Å². The molecule has 1 aliphatic rings. The lowest BCUT2D eigenvalue weighted by atomic mass is 10.1. The van der Waals surface area contributed by atoms with Crippen LogP contribution in [0.4, 0.5) is 5.69 Å². The van der Waals surface area contributed by atoms with Crippen LogP contribution in [-0.2, 0) is 16.0 Å². The van der Waals surface area contributed by atoms with Crippen molar-refractivity contribution in [1.82, 2.24) is 4.98 Å². The minimum absolute atomic E-state index is 0.0612. The Kier molecular flexibility index (Phi) is 4.43. The molecule has 0 N–H and O–H groups in total. The highest BCUT2D eigenvalue weighted by Crippen LogP contribution is 2.31. The maximum atomic E-state index is 12.4. The SMILES string of the molecule is C[C@H]1Cc2ccccc2N1C(=O)COC(=O)c1cncc(Br)c1. The van der Waals surface area contributed by atoms with Crippen LogP contribution < -0.4 is 4.90 Å². The molecule has 1 atom stereocenters. The number of anilines is 1. The fraction of sp³-hybridized carbons (Fsp3) is 0.235. The van der Waals surface area contributed by atoms with Crippen molar-refractivity contribution in [2.75, 3.05) is 11.5 Å². The molecule has 0 spiro atoms. The molecular formula is C17H15BrN2O3. The first-order chi connectivity index (χ1) is 11.1. The smallest absolute Gasteiger partial charge is 0.340 e. The van der Waals surface area contributed by atoms with Gasteiger partial charge in [-0.2, -0.15) is 0 Å². The number of amides is 1. The topological polar surface area (TPSA) is 59.5 Å². The molecule has 1 aromatic heterocycles. The molecule has 2 heterocycles. The van der Waals surface area contributed by atoms with Crippen LogP contribution in [0.25, 0.3) is 0 Å². The molecule has 3 rings (SSSR count). The predicted octanol–water partition coefficient (Wildman–Crippen LogP) is 2.98. The van der Waals surface area contributed by atoms with Crippen LogP contribution >= 0.6 is 15.9 Å². The third-order valence-electron chi connectivity index (χ3n) is 3.74. The number of ether oxygens (including phenoxy) is 1. The average molecular weight is 375 g/mol. The van der Waals surface area contributed by atoms with Crippen LogP contribution in [0.15, 0.2) is 47.2 Å². The molecule has 2 aromatic rings. The van der Waals surface area contributed by atoms with E-state index in [-0.39, 0.29) is 18.6 Å². The van der Waals surface area contributed by atoms with Crippen molar-refractivity contribution in [2.24, 2.45) is 0 Å². The summed E-state index contributed by atoms with van der Waals surface area (Å²) in [5.74, 6) is -0.786. The first-order valence-corrected chi connectivity index (χ1v) is 8.03. The zero-order chi connectivity index (χ0) is 16.4. The second-order valence-corrected chi connectivity index (χ2v) is 6.33. The molecule has 5 nitrogen and oxygen atoms in total. The number of nitrogens with zero attached hydrogens (tertiary/aromatic N) is 2. The summed E-state index contributed by atoms with van der Waals surface area (Å²) in [6.45, 7) is 1.70. The van der Waals surface area contributed by atoms with Crippen LogP contribution in [0, 0.1) is 0 Å². The molecule has 118 valence electrons. The van der Waals surface area contributed by atoms with E-state index in [1.54, 1.807) is 17.2 Å². The van der Waals surface area contributed by atoms with Gasteiger partial charge in [0.25, 0.3) is 5.91 Å². The van der Waals surface area contributed by atoms with Gasteiger partial charge in [-0.05, 0) is 47.0 Å². The highest BCUT2D eigenvalue weighted by molar-refractivity contribution is 9.10. The van der Waals surface area contributed by atoms with E-state index in [0.29, 0.717) is 10.0 Å². The lowest BCUT2D eigenvalue weighted by molar-refractivity contribution is -0.122. The maximum absolute atomic E-state index is 12.4. The van der Waals surface area contributed by atoms with E-state index in [9.17, 15) is 9.59 Å². The highest BCUT2D eigenvalue weighted by Gasteiger charge is 2.31. The number of benzene rings is 1. The largest absolute Gasteiger partial charge is 0.452 e. The Morgan fingerprint density at radius 1 is 1.35 bits per heavy atom. The normalized spacial score (nSPS) is 16.1. The number of hydrogen-bond donors (Lipinski definition) is 0. The number of halogens is 1. The molecule has 0 saturated heterocycles. The molecule has 0 radical (unpaired) electrons.